The van der Waals surface area contributed by atoms with Crippen LogP contribution in [-0.4, -0.2) is 59.1 Å². The molecule has 3 amide bonds. The number of carbonyl (C=O) groups excluding carboxylic acids is 2. The molecule has 9 heteroatoms. The van der Waals surface area contributed by atoms with Crippen molar-refractivity contribution in [2.24, 2.45) is 11.3 Å². The molecule has 4 unspecified atom stereocenters. The summed E-state index contributed by atoms with van der Waals surface area (Å²) in [5.41, 5.74) is -0.713. The van der Waals surface area contributed by atoms with Crippen molar-refractivity contribution in [1.29, 1.82) is 0 Å². The first-order valence-corrected chi connectivity index (χ1v) is 16.3. The lowest BCUT2D eigenvalue weighted by molar-refractivity contribution is -0.304. The van der Waals surface area contributed by atoms with Crippen LogP contribution in [-0.2, 0) is 19.1 Å². The fourth-order valence-corrected chi connectivity index (χ4v) is 7.08. The Morgan fingerprint density at radius 3 is 2.27 bits per heavy atom. The van der Waals surface area contributed by atoms with E-state index in [2.05, 4.69) is 22.9 Å². The second kappa shape index (κ2) is 15.0. The molecule has 4 N–H and O–H groups in total. The topological polar surface area (TPSA) is 126 Å². The zero-order chi connectivity index (χ0) is 30.1. The van der Waals surface area contributed by atoms with Gasteiger partial charge >= 0.3 is 12.0 Å². The molecule has 4 atom stereocenters. The van der Waals surface area contributed by atoms with Gasteiger partial charge in [0.25, 0.3) is 0 Å². The van der Waals surface area contributed by atoms with Gasteiger partial charge in [0.2, 0.25) is 5.91 Å². The van der Waals surface area contributed by atoms with Gasteiger partial charge in [0.1, 0.15) is 6.10 Å². The molecule has 1 aliphatic heterocycles. The molecule has 0 aromatic heterocycles. The van der Waals surface area contributed by atoms with Gasteiger partial charge in [0.15, 0.2) is 5.79 Å². The van der Waals surface area contributed by atoms with Gasteiger partial charge in [-0.25, -0.2) is 4.79 Å². The maximum atomic E-state index is 13.5. The highest BCUT2D eigenvalue weighted by Gasteiger charge is 2.47. The second-order valence-electron chi connectivity index (χ2n) is 14.0. The fourth-order valence-electron chi connectivity index (χ4n) is 7.08. The van der Waals surface area contributed by atoms with Gasteiger partial charge in [-0.05, 0) is 46.0 Å². The molecule has 1 saturated heterocycles. The van der Waals surface area contributed by atoms with E-state index in [-0.39, 0.29) is 35.9 Å². The summed E-state index contributed by atoms with van der Waals surface area (Å²) < 4.78 is 11.8. The number of hydrogen-bond acceptors (Lipinski definition) is 5. The van der Waals surface area contributed by atoms with E-state index in [0.717, 1.165) is 64.2 Å². The lowest BCUT2D eigenvalue weighted by Gasteiger charge is -2.45. The highest BCUT2D eigenvalue weighted by atomic mass is 16.7. The van der Waals surface area contributed by atoms with Crippen LogP contribution in [0.25, 0.3) is 0 Å². The Morgan fingerprint density at radius 2 is 1.59 bits per heavy atom. The number of carboxylic acids is 1. The minimum atomic E-state index is -0.972. The van der Waals surface area contributed by atoms with Crippen molar-refractivity contribution in [2.75, 3.05) is 6.61 Å². The number of hydrogen-bond donors (Lipinski definition) is 4. The van der Waals surface area contributed by atoms with Crippen LogP contribution >= 0.6 is 0 Å². The van der Waals surface area contributed by atoms with Gasteiger partial charge in [-0.15, -0.1) is 0 Å². The number of aliphatic carboxylic acids is 1. The zero-order valence-electron chi connectivity index (χ0n) is 26.3. The van der Waals surface area contributed by atoms with Gasteiger partial charge in [0.05, 0.1) is 13.0 Å². The number of ether oxygens (including phenoxy) is 2. The molecule has 0 bridgehead atoms. The SMILES string of the molecule is CCCCCCCCC1(NC(=O)NC2CCCCC2C(CC(=O)O)NC(=O)C2OC(C)(C)OCC2(C)C)CCCC1. The van der Waals surface area contributed by atoms with E-state index in [4.69, 9.17) is 9.47 Å². The molecule has 0 radical (unpaired) electrons. The summed E-state index contributed by atoms with van der Waals surface area (Å²) in [5, 5.41) is 19.4. The lowest BCUT2D eigenvalue weighted by atomic mass is 9.78. The maximum Gasteiger partial charge on any atom is 0.315 e. The molecule has 236 valence electrons. The number of carboxylic acid groups (broad SMARTS) is 1. The molecule has 0 aromatic carbocycles. The Hall–Kier alpha value is -1.87. The van der Waals surface area contributed by atoms with Crippen LogP contribution in [0.2, 0.25) is 0 Å². The molecule has 2 aliphatic carbocycles. The van der Waals surface area contributed by atoms with Gasteiger partial charge in [-0.1, -0.05) is 85.0 Å². The van der Waals surface area contributed by atoms with Crippen LogP contribution in [0.1, 0.15) is 137 Å². The largest absolute Gasteiger partial charge is 0.481 e. The van der Waals surface area contributed by atoms with Crippen molar-refractivity contribution in [1.82, 2.24) is 16.0 Å². The monoisotopic (exact) mass is 579 g/mol. The predicted molar refractivity (Wildman–Crippen MR) is 159 cm³/mol. The van der Waals surface area contributed by atoms with E-state index in [0.29, 0.717) is 6.61 Å². The summed E-state index contributed by atoms with van der Waals surface area (Å²) in [4.78, 5) is 38.9. The van der Waals surface area contributed by atoms with E-state index in [1.807, 2.05) is 13.8 Å². The van der Waals surface area contributed by atoms with Crippen LogP contribution < -0.4 is 16.0 Å². The van der Waals surface area contributed by atoms with Crippen molar-refractivity contribution >= 4 is 17.9 Å². The van der Waals surface area contributed by atoms with Crippen LogP contribution in [0.3, 0.4) is 0 Å². The van der Waals surface area contributed by atoms with Crippen LogP contribution in [0.15, 0.2) is 0 Å². The summed E-state index contributed by atoms with van der Waals surface area (Å²) in [6.07, 6.45) is 15.1. The number of carbonyl (C=O) groups is 3. The van der Waals surface area contributed by atoms with Crippen LogP contribution in [0, 0.1) is 11.3 Å². The lowest BCUT2D eigenvalue weighted by Crippen LogP contribution is -2.61. The van der Waals surface area contributed by atoms with Gasteiger partial charge < -0.3 is 30.5 Å². The van der Waals surface area contributed by atoms with Crippen molar-refractivity contribution in [3.05, 3.63) is 0 Å². The Kier molecular flexibility index (Phi) is 12.3. The molecule has 2 saturated carbocycles. The fraction of sp³-hybridized carbons (Fsp3) is 0.906. The number of rotatable bonds is 14. The van der Waals surface area contributed by atoms with E-state index in [9.17, 15) is 19.5 Å². The second-order valence-corrected chi connectivity index (χ2v) is 14.0. The number of unbranched alkanes of at least 4 members (excludes halogenated alkanes) is 5. The maximum absolute atomic E-state index is 13.5. The van der Waals surface area contributed by atoms with Crippen LogP contribution in [0.5, 0.6) is 0 Å². The molecule has 9 nitrogen and oxygen atoms in total. The molecule has 3 fully saturated rings. The average Bonchev–Trinajstić information content (AvgIpc) is 3.35. The highest BCUT2D eigenvalue weighted by molar-refractivity contribution is 5.83. The van der Waals surface area contributed by atoms with E-state index in [1.165, 1.54) is 32.1 Å². The highest BCUT2D eigenvalue weighted by Crippen LogP contribution is 2.37. The smallest absolute Gasteiger partial charge is 0.315 e. The summed E-state index contributed by atoms with van der Waals surface area (Å²) in [7, 11) is 0. The third-order valence-electron chi connectivity index (χ3n) is 9.46. The average molecular weight is 580 g/mol. The summed E-state index contributed by atoms with van der Waals surface area (Å²) in [6.45, 7) is 9.97. The molecule has 3 rings (SSSR count). The summed E-state index contributed by atoms with van der Waals surface area (Å²) in [6, 6.07) is -0.980. The normalized spacial score (nSPS) is 27.5. The van der Waals surface area contributed by atoms with E-state index in [1.54, 1.807) is 13.8 Å². The van der Waals surface area contributed by atoms with Crippen LogP contribution in [0.4, 0.5) is 4.79 Å². The third-order valence-corrected chi connectivity index (χ3v) is 9.46. The van der Waals surface area contributed by atoms with Crippen molar-refractivity contribution in [2.45, 2.75) is 167 Å². The van der Waals surface area contributed by atoms with Crippen molar-refractivity contribution in [3.8, 4) is 0 Å². The number of urea groups is 1. The molecule has 0 spiro atoms. The molecular weight excluding hydrogens is 522 g/mol. The molecule has 0 aromatic rings. The van der Waals surface area contributed by atoms with Crippen molar-refractivity contribution < 1.29 is 29.0 Å². The Balaban J connectivity index is 1.65. The minimum Gasteiger partial charge on any atom is -0.481 e. The van der Waals surface area contributed by atoms with Gasteiger partial charge in [-0.3, -0.25) is 9.59 Å². The molecule has 1 heterocycles. The zero-order valence-corrected chi connectivity index (χ0v) is 26.3. The molecule has 3 aliphatic rings. The van der Waals surface area contributed by atoms with E-state index >= 15 is 0 Å². The first-order valence-electron chi connectivity index (χ1n) is 16.3. The first-order chi connectivity index (χ1) is 19.4. The van der Waals surface area contributed by atoms with Crippen molar-refractivity contribution in [3.63, 3.8) is 0 Å². The number of amides is 3. The molecule has 41 heavy (non-hydrogen) atoms. The Morgan fingerprint density at radius 1 is 0.927 bits per heavy atom. The van der Waals surface area contributed by atoms with E-state index < -0.39 is 29.3 Å². The minimum absolute atomic E-state index is 0.146. The first kappa shape index (κ1) is 33.6. The Labute approximate surface area is 247 Å². The van der Waals surface area contributed by atoms with Gasteiger partial charge in [-0.2, -0.15) is 0 Å². The standard InChI is InChI=1S/C32H57N3O6/c1-6-7-8-9-10-13-18-32(19-14-15-20-32)35-29(39)34-24-17-12-11-16-23(24)25(21-26(36)37)33-28(38)27-30(2,3)22-40-31(4,5)41-27/h23-25,27H,6-22H2,1-5H3,(H,33,38)(H,36,37)(H2,34,35,39). The summed E-state index contributed by atoms with van der Waals surface area (Å²) >= 11 is 0. The Bertz CT molecular complexity index is 869. The summed E-state index contributed by atoms with van der Waals surface area (Å²) in [5.74, 6) is -2.38. The van der Waals surface area contributed by atoms with Gasteiger partial charge in [0, 0.05) is 29.0 Å². The quantitative estimate of drug-likeness (QED) is 0.186. The predicted octanol–water partition coefficient (Wildman–Crippen LogP) is 6.05. The molecular formula is C32H57N3O6. The third kappa shape index (κ3) is 10.1. The number of nitrogens with one attached hydrogen (secondary N) is 3.